The smallest absolute Gasteiger partial charge is 0.242 e. The highest BCUT2D eigenvalue weighted by Crippen LogP contribution is 2.22. The van der Waals surface area contributed by atoms with Crippen LogP contribution in [0.3, 0.4) is 0 Å². The Hall–Kier alpha value is -1.98. The van der Waals surface area contributed by atoms with Gasteiger partial charge in [-0.3, -0.25) is 9.59 Å². The first-order valence-electron chi connectivity index (χ1n) is 10.9. The van der Waals surface area contributed by atoms with Gasteiger partial charge in [0.15, 0.2) is 0 Å². The summed E-state index contributed by atoms with van der Waals surface area (Å²) >= 11 is 7.76. The van der Waals surface area contributed by atoms with Crippen LogP contribution in [-0.2, 0) is 21.9 Å². The van der Waals surface area contributed by atoms with E-state index in [1.54, 1.807) is 4.90 Å². The third-order valence-electron chi connectivity index (χ3n) is 5.91. The lowest BCUT2D eigenvalue weighted by atomic mass is 10.1. The maximum absolute atomic E-state index is 13.2. The molecule has 1 unspecified atom stereocenters. The van der Waals surface area contributed by atoms with E-state index in [9.17, 15) is 9.59 Å². The zero-order chi connectivity index (χ0) is 22.2. The largest absolute Gasteiger partial charge is 0.352 e. The number of rotatable bonds is 9. The topological polar surface area (TPSA) is 49.4 Å². The fraction of sp³-hybridized carbons (Fsp3) is 0.440. The van der Waals surface area contributed by atoms with Crippen molar-refractivity contribution in [1.82, 2.24) is 10.2 Å². The number of nitrogens with zero attached hydrogens (tertiary/aromatic N) is 1. The van der Waals surface area contributed by atoms with Crippen LogP contribution in [0.1, 0.15) is 49.3 Å². The molecular formula is C25H31ClN2O2S. The number of carbonyl (C=O) groups excluding carboxylic acids is 2. The van der Waals surface area contributed by atoms with Crippen molar-refractivity contribution >= 4 is 35.2 Å². The van der Waals surface area contributed by atoms with E-state index in [1.165, 1.54) is 11.8 Å². The maximum Gasteiger partial charge on any atom is 0.242 e. The quantitative estimate of drug-likeness (QED) is 0.550. The van der Waals surface area contributed by atoms with E-state index in [4.69, 9.17) is 11.6 Å². The lowest BCUT2D eigenvalue weighted by molar-refractivity contribution is -0.139. The molecule has 3 rings (SSSR count). The monoisotopic (exact) mass is 458 g/mol. The Morgan fingerprint density at radius 2 is 1.74 bits per heavy atom. The number of nitrogens with one attached hydrogen (secondary N) is 1. The van der Waals surface area contributed by atoms with Gasteiger partial charge in [-0.25, -0.2) is 0 Å². The van der Waals surface area contributed by atoms with Crippen LogP contribution in [0.5, 0.6) is 0 Å². The summed E-state index contributed by atoms with van der Waals surface area (Å²) in [6.07, 6.45) is 4.36. The molecule has 0 spiro atoms. The van der Waals surface area contributed by atoms with Crippen molar-refractivity contribution < 1.29 is 9.59 Å². The number of amides is 2. The number of aryl methyl sites for hydroxylation is 1. The van der Waals surface area contributed by atoms with Gasteiger partial charge >= 0.3 is 0 Å². The van der Waals surface area contributed by atoms with E-state index >= 15 is 0 Å². The molecule has 2 amide bonds. The summed E-state index contributed by atoms with van der Waals surface area (Å²) in [5.41, 5.74) is 3.19. The van der Waals surface area contributed by atoms with Gasteiger partial charge in [-0.1, -0.05) is 66.9 Å². The molecule has 0 aromatic heterocycles. The van der Waals surface area contributed by atoms with Crippen molar-refractivity contribution in [2.24, 2.45) is 0 Å². The Morgan fingerprint density at radius 1 is 1.10 bits per heavy atom. The highest BCUT2D eigenvalue weighted by molar-refractivity contribution is 7.99. The molecule has 1 aliphatic carbocycles. The van der Waals surface area contributed by atoms with Crippen LogP contribution in [-0.4, -0.2) is 34.6 Å². The van der Waals surface area contributed by atoms with Crippen LogP contribution >= 0.6 is 23.4 Å². The van der Waals surface area contributed by atoms with Gasteiger partial charge < -0.3 is 10.2 Å². The first-order chi connectivity index (χ1) is 15.0. The second kappa shape index (κ2) is 11.6. The Morgan fingerprint density at radius 3 is 2.42 bits per heavy atom. The predicted molar refractivity (Wildman–Crippen MR) is 129 cm³/mol. The number of thioether (sulfide) groups is 1. The second-order valence-corrected chi connectivity index (χ2v) is 9.59. The molecular weight excluding hydrogens is 428 g/mol. The molecule has 31 heavy (non-hydrogen) atoms. The van der Waals surface area contributed by atoms with E-state index < -0.39 is 6.04 Å². The summed E-state index contributed by atoms with van der Waals surface area (Å²) in [6.45, 7) is 4.30. The van der Waals surface area contributed by atoms with Gasteiger partial charge in [0, 0.05) is 23.4 Å². The van der Waals surface area contributed by atoms with E-state index in [0.717, 1.165) is 42.4 Å². The van der Waals surface area contributed by atoms with Gasteiger partial charge in [-0.05, 0) is 49.4 Å². The summed E-state index contributed by atoms with van der Waals surface area (Å²) in [4.78, 5) is 27.9. The minimum atomic E-state index is -0.520. The number of benzene rings is 2. The van der Waals surface area contributed by atoms with Gasteiger partial charge in [-0.15, -0.1) is 11.8 Å². The zero-order valence-corrected chi connectivity index (χ0v) is 19.8. The lowest BCUT2D eigenvalue weighted by Gasteiger charge is -2.30. The Bertz CT molecular complexity index is 899. The maximum atomic E-state index is 13.2. The Balaban J connectivity index is 1.67. The molecule has 0 saturated heterocycles. The van der Waals surface area contributed by atoms with Crippen molar-refractivity contribution in [3.63, 3.8) is 0 Å². The molecule has 1 atom stereocenters. The summed E-state index contributed by atoms with van der Waals surface area (Å²) in [7, 11) is 0. The number of hydrogen-bond donors (Lipinski definition) is 1. The van der Waals surface area contributed by atoms with Crippen LogP contribution in [0, 0.1) is 6.92 Å². The second-order valence-electron chi connectivity index (χ2n) is 8.20. The average Bonchev–Trinajstić information content (AvgIpc) is 3.27. The normalized spacial score (nSPS) is 14.9. The Labute approximate surface area is 194 Å². The third kappa shape index (κ3) is 6.75. The molecule has 2 aromatic carbocycles. The molecule has 4 nitrogen and oxygen atoms in total. The summed E-state index contributed by atoms with van der Waals surface area (Å²) < 4.78 is 0. The van der Waals surface area contributed by atoms with Crippen LogP contribution in [0.25, 0.3) is 0 Å². The molecule has 1 aliphatic rings. The number of halogens is 1. The minimum absolute atomic E-state index is 0.0330. The van der Waals surface area contributed by atoms with Crippen molar-refractivity contribution in [3.8, 4) is 0 Å². The molecule has 0 aliphatic heterocycles. The van der Waals surface area contributed by atoms with Crippen LogP contribution < -0.4 is 5.32 Å². The van der Waals surface area contributed by atoms with E-state index in [0.29, 0.717) is 23.1 Å². The fourth-order valence-corrected chi connectivity index (χ4v) is 5.09. The third-order valence-corrected chi connectivity index (χ3v) is 7.25. The van der Waals surface area contributed by atoms with Crippen molar-refractivity contribution in [2.45, 2.75) is 63.9 Å². The summed E-state index contributed by atoms with van der Waals surface area (Å²) in [5.74, 6) is 0.865. The molecule has 166 valence electrons. The molecule has 1 N–H and O–H groups in total. The molecule has 0 bridgehead atoms. The minimum Gasteiger partial charge on any atom is -0.352 e. The number of carbonyl (C=O) groups is 2. The zero-order valence-electron chi connectivity index (χ0n) is 18.3. The van der Waals surface area contributed by atoms with Crippen molar-refractivity contribution in [3.05, 3.63) is 70.2 Å². The van der Waals surface area contributed by atoms with E-state index in [-0.39, 0.29) is 17.9 Å². The van der Waals surface area contributed by atoms with E-state index in [1.807, 2.05) is 62.4 Å². The first kappa shape index (κ1) is 23.7. The van der Waals surface area contributed by atoms with E-state index in [2.05, 4.69) is 5.32 Å². The van der Waals surface area contributed by atoms with Crippen LogP contribution in [0.4, 0.5) is 0 Å². The highest BCUT2D eigenvalue weighted by atomic mass is 35.5. The molecule has 0 heterocycles. The summed E-state index contributed by atoms with van der Waals surface area (Å²) in [6, 6.07) is 15.4. The van der Waals surface area contributed by atoms with Gasteiger partial charge in [0.05, 0.1) is 5.75 Å². The standard InChI is InChI=1S/C25H31ClN2O2S/c1-18-9-3-4-10-20(18)15-28(19(2)25(30)27-22-12-6-7-13-22)24(29)17-31-16-21-11-5-8-14-23(21)26/h3-5,8-11,14,19,22H,6-7,12-13,15-17H2,1-2H3,(H,27,30). The van der Waals surface area contributed by atoms with Gasteiger partial charge in [0.25, 0.3) is 0 Å². The SMILES string of the molecule is Cc1ccccc1CN(C(=O)CSCc1ccccc1Cl)C(C)C(=O)NC1CCCC1. The summed E-state index contributed by atoms with van der Waals surface area (Å²) in [5, 5.41) is 3.86. The molecule has 1 fully saturated rings. The van der Waals surface area contributed by atoms with Gasteiger partial charge in [-0.2, -0.15) is 0 Å². The van der Waals surface area contributed by atoms with Crippen LogP contribution in [0.2, 0.25) is 5.02 Å². The molecule has 0 radical (unpaired) electrons. The lowest BCUT2D eigenvalue weighted by Crippen LogP contribution is -2.50. The molecule has 1 saturated carbocycles. The van der Waals surface area contributed by atoms with Crippen molar-refractivity contribution in [2.75, 3.05) is 5.75 Å². The Kier molecular flexibility index (Phi) is 8.85. The fourth-order valence-electron chi connectivity index (χ4n) is 3.89. The predicted octanol–water partition coefficient (Wildman–Crippen LogP) is 5.36. The molecule has 6 heteroatoms. The van der Waals surface area contributed by atoms with Crippen LogP contribution in [0.15, 0.2) is 48.5 Å². The average molecular weight is 459 g/mol. The highest BCUT2D eigenvalue weighted by Gasteiger charge is 2.28. The number of hydrogen-bond acceptors (Lipinski definition) is 3. The first-order valence-corrected chi connectivity index (χ1v) is 12.4. The molecule has 2 aromatic rings. The van der Waals surface area contributed by atoms with Gasteiger partial charge in [0.2, 0.25) is 11.8 Å². The van der Waals surface area contributed by atoms with Gasteiger partial charge in [0.1, 0.15) is 6.04 Å². The van der Waals surface area contributed by atoms with Crippen molar-refractivity contribution in [1.29, 1.82) is 0 Å².